The zero-order valence-electron chi connectivity index (χ0n) is 18.9. The van der Waals surface area contributed by atoms with E-state index in [4.69, 9.17) is 4.74 Å². The lowest BCUT2D eigenvalue weighted by Crippen LogP contribution is -2.76. The van der Waals surface area contributed by atoms with Gasteiger partial charge in [-0.25, -0.2) is 14.2 Å². The average molecular weight is 469 g/mol. The van der Waals surface area contributed by atoms with Gasteiger partial charge in [-0.05, 0) is 43.7 Å². The van der Waals surface area contributed by atoms with E-state index in [9.17, 15) is 22.4 Å². The topological polar surface area (TPSA) is 72.3 Å². The Labute approximate surface area is 189 Å². The van der Waals surface area contributed by atoms with E-state index >= 15 is 0 Å². The van der Waals surface area contributed by atoms with Crippen molar-refractivity contribution in [2.24, 2.45) is 13.0 Å². The van der Waals surface area contributed by atoms with Gasteiger partial charge in [0, 0.05) is 25.8 Å². The molecular weight excluding hydrogens is 442 g/mol. The summed E-state index contributed by atoms with van der Waals surface area (Å²) in [5.41, 5.74) is -2.48. The zero-order valence-corrected chi connectivity index (χ0v) is 18.9. The minimum absolute atomic E-state index is 0.0209. The van der Waals surface area contributed by atoms with Crippen LogP contribution < -0.4 is 5.32 Å². The predicted molar refractivity (Wildman–Crippen MR) is 113 cm³/mol. The molecule has 2 amide bonds. The second-order valence-corrected chi connectivity index (χ2v) is 9.06. The van der Waals surface area contributed by atoms with Crippen molar-refractivity contribution in [1.82, 2.24) is 19.7 Å². The van der Waals surface area contributed by atoms with E-state index in [1.165, 1.54) is 18.1 Å². The number of aryl methyl sites for hydroxylation is 1. The fourth-order valence-electron chi connectivity index (χ4n) is 5.65. The molecule has 180 valence electrons. The first-order valence-electron chi connectivity index (χ1n) is 10.9. The van der Waals surface area contributed by atoms with Crippen molar-refractivity contribution >= 4 is 11.7 Å². The summed E-state index contributed by atoms with van der Waals surface area (Å²) in [7, 11) is 3.12. The Morgan fingerprint density at radius 2 is 2.09 bits per heavy atom. The van der Waals surface area contributed by atoms with Gasteiger partial charge in [0.15, 0.2) is 5.82 Å². The van der Waals surface area contributed by atoms with Crippen LogP contribution in [-0.2, 0) is 18.0 Å². The van der Waals surface area contributed by atoms with Crippen molar-refractivity contribution < 1.29 is 27.1 Å². The summed E-state index contributed by atoms with van der Waals surface area (Å²) in [4.78, 5) is 18.8. The summed E-state index contributed by atoms with van der Waals surface area (Å²) in [6.07, 6.45) is -0.707. The number of carbonyl (C=O) groups excluding carboxylic acids is 1. The maximum absolute atomic E-state index is 14.8. The van der Waals surface area contributed by atoms with E-state index in [1.54, 1.807) is 12.0 Å². The number of hydrogen-bond donors (Lipinski definition) is 1. The number of halogens is 4. The molecule has 1 aliphatic carbocycles. The van der Waals surface area contributed by atoms with Crippen LogP contribution in [0.1, 0.15) is 45.1 Å². The summed E-state index contributed by atoms with van der Waals surface area (Å²) in [6.45, 7) is 4.10. The number of carbonyl (C=O) groups is 1. The molecule has 2 heterocycles. The number of piperidine rings is 1. The standard InChI is InChI=1S/C22H27F4N5O2/c1-5-18(33-4)21-9-12(2)6-13(10-21)31(21)20(32)28-17-7-14(19-27-11-30(3)29-19)15(8-16(17)23)22(24,25)26/h7-8,11-13,18H,5-6,9-10H2,1-4H3,(H,28,32)/t12-,13-,18+,21+/m1/s1. The quantitative estimate of drug-likeness (QED) is 0.636. The second-order valence-electron chi connectivity index (χ2n) is 9.06. The number of methoxy groups -OCH3 is 1. The number of aromatic nitrogens is 3. The predicted octanol–water partition coefficient (Wildman–Crippen LogP) is 4.84. The molecule has 7 nitrogen and oxygen atoms in total. The van der Waals surface area contributed by atoms with Crippen LogP contribution in [-0.4, -0.2) is 50.5 Å². The molecule has 1 aliphatic heterocycles. The van der Waals surface area contributed by atoms with Crippen molar-refractivity contribution in [1.29, 1.82) is 0 Å². The van der Waals surface area contributed by atoms with Gasteiger partial charge in [0.1, 0.15) is 12.1 Å². The van der Waals surface area contributed by atoms with Crippen LogP contribution >= 0.6 is 0 Å². The molecule has 11 heteroatoms. The third-order valence-corrected chi connectivity index (χ3v) is 6.78. The van der Waals surface area contributed by atoms with Crippen LogP contribution in [0.15, 0.2) is 18.5 Å². The van der Waals surface area contributed by atoms with Crippen molar-refractivity contribution in [2.75, 3.05) is 12.4 Å². The third-order valence-electron chi connectivity index (χ3n) is 6.78. The molecule has 1 saturated heterocycles. The SMILES string of the molecule is CC[C@H](OC)[C@]12C[C@H](C)C[C@H](C1)N2C(=O)Nc1cc(-c2ncn(C)n2)c(C(F)(F)F)cc1F. The number of rotatable bonds is 5. The van der Waals surface area contributed by atoms with E-state index in [1.807, 2.05) is 6.92 Å². The molecule has 2 aliphatic rings. The number of nitrogens with one attached hydrogen (secondary N) is 1. The Hall–Kier alpha value is -2.69. The van der Waals surface area contributed by atoms with Gasteiger partial charge in [-0.2, -0.15) is 18.3 Å². The molecule has 0 unspecified atom stereocenters. The lowest BCUT2D eigenvalue weighted by atomic mass is 9.61. The summed E-state index contributed by atoms with van der Waals surface area (Å²) >= 11 is 0. The first-order valence-corrected chi connectivity index (χ1v) is 10.9. The zero-order chi connectivity index (χ0) is 24.1. The number of ether oxygens (including phenoxy) is 1. The summed E-state index contributed by atoms with van der Waals surface area (Å²) in [5.74, 6) is -0.985. The van der Waals surface area contributed by atoms with Crippen LogP contribution in [0.5, 0.6) is 0 Å². The summed E-state index contributed by atoms with van der Waals surface area (Å²) in [6, 6.07) is 0.754. The highest BCUT2D eigenvalue weighted by atomic mass is 19.4. The first-order chi connectivity index (χ1) is 15.5. The van der Waals surface area contributed by atoms with E-state index in [0.717, 1.165) is 25.3 Å². The Morgan fingerprint density at radius 3 is 2.67 bits per heavy atom. The number of alkyl halides is 3. The minimum Gasteiger partial charge on any atom is -0.379 e. The molecule has 0 radical (unpaired) electrons. The maximum Gasteiger partial charge on any atom is 0.417 e. The monoisotopic (exact) mass is 469 g/mol. The van der Waals surface area contributed by atoms with E-state index in [-0.39, 0.29) is 23.7 Å². The van der Waals surface area contributed by atoms with Crippen molar-refractivity contribution in [2.45, 2.75) is 63.4 Å². The minimum atomic E-state index is -4.82. The molecule has 2 aromatic rings. The Kier molecular flexibility index (Phi) is 5.88. The number of hydrogen-bond acceptors (Lipinski definition) is 4. The Morgan fingerprint density at radius 1 is 1.36 bits per heavy atom. The molecule has 1 aromatic heterocycles. The Bertz CT molecular complexity index is 1050. The van der Waals surface area contributed by atoms with E-state index in [2.05, 4.69) is 22.3 Å². The van der Waals surface area contributed by atoms with Crippen LogP contribution in [0.2, 0.25) is 0 Å². The first kappa shape index (κ1) is 23.5. The normalized spacial score (nSPS) is 25.5. The molecular formula is C22H27F4N5O2. The highest BCUT2D eigenvalue weighted by molar-refractivity contribution is 5.92. The van der Waals surface area contributed by atoms with Crippen LogP contribution in [0.25, 0.3) is 11.4 Å². The molecule has 2 fully saturated rings. The van der Waals surface area contributed by atoms with Gasteiger partial charge in [0.2, 0.25) is 0 Å². The molecule has 1 N–H and O–H groups in total. The lowest BCUT2D eigenvalue weighted by Gasteiger charge is -2.65. The van der Waals surface area contributed by atoms with Crippen LogP contribution in [0.4, 0.5) is 28.0 Å². The van der Waals surface area contributed by atoms with Gasteiger partial charge >= 0.3 is 12.2 Å². The molecule has 4 rings (SSSR count). The number of anilines is 1. The van der Waals surface area contributed by atoms with Crippen LogP contribution in [0, 0.1) is 11.7 Å². The number of nitrogens with zero attached hydrogens (tertiary/aromatic N) is 4. The largest absolute Gasteiger partial charge is 0.417 e. The summed E-state index contributed by atoms with van der Waals surface area (Å²) < 4.78 is 62.4. The number of amides is 2. The molecule has 0 spiro atoms. The molecule has 1 saturated carbocycles. The Balaban J connectivity index is 1.68. The van der Waals surface area contributed by atoms with Crippen molar-refractivity contribution in [3.63, 3.8) is 0 Å². The average Bonchev–Trinajstić information content (AvgIpc) is 3.15. The highest BCUT2D eigenvalue weighted by Crippen LogP contribution is 2.53. The maximum atomic E-state index is 14.8. The van der Waals surface area contributed by atoms with Gasteiger partial charge in [0.25, 0.3) is 0 Å². The second kappa shape index (κ2) is 8.27. The smallest absolute Gasteiger partial charge is 0.379 e. The number of benzene rings is 1. The third kappa shape index (κ3) is 3.96. The van der Waals surface area contributed by atoms with E-state index in [0.29, 0.717) is 18.4 Å². The van der Waals surface area contributed by atoms with E-state index < -0.39 is 34.7 Å². The molecule has 33 heavy (non-hydrogen) atoms. The number of urea groups is 1. The molecule has 2 bridgehead atoms. The van der Waals surface area contributed by atoms with Crippen molar-refractivity contribution in [3.05, 3.63) is 29.8 Å². The summed E-state index contributed by atoms with van der Waals surface area (Å²) in [5, 5.41) is 6.43. The van der Waals surface area contributed by atoms with Gasteiger partial charge in [-0.15, -0.1) is 0 Å². The van der Waals surface area contributed by atoms with Crippen molar-refractivity contribution in [3.8, 4) is 11.4 Å². The number of likely N-dealkylation sites (tertiary alicyclic amines) is 1. The molecule has 4 atom stereocenters. The van der Waals surface area contributed by atoms with Gasteiger partial charge in [-0.1, -0.05) is 13.8 Å². The highest BCUT2D eigenvalue weighted by Gasteiger charge is 2.61. The van der Waals surface area contributed by atoms with Gasteiger partial charge in [0.05, 0.1) is 22.9 Å². The van der Waals surface area contributed by atoms with Crippen LogP contribution in [0.3, 0.4) is 0 Å². The van der Waals surface area contributed by atoms with Gasteiger partial charge in [-0.3, -0.25) is 4.68 Å². The lowest BCUT2D eigenvalue weighted by molar-refractivity contribution is -0.162. The fraction of sp³-hybridized carbons (Fsp3) is 0.591. The molecule has 1 aromatic carbocycles. The van der Waals surface area contributed by atoms with Gasteiger partial charge < -0.3 is 15.0 Å². The fourth-order valence-corrected chi connectivity index (χ4v) is 5.65. The number of fused-ring (bicyclic) bond motifs is 2.